The van der Waals surface area contributed by atoms with Crippen LogP contribution in [-0.2, 0) is 0 Å². The summed E-state index contributed by atoms with van der Waals surface area (Å²) in [6.07, 6.45) is 0. The highest BCUT2D eigenvalue weighted by Crippen LogP contribution is 2.09. The average Bonchev–Trinajstić information content (AvgIpc) is 1.96. The number of carbonyl (C=O) groups excluding carboxylic acids is 1. The molecule has 0 aromatic heterocycles. The molecule has 0 atom stereocenters. The molecular formula is C9H16N2O. The standard InChI is InChI=1S/C9H16N2O/c1-9(2,3)6-5-7-11-8(12)10-4/h7H2,1-4H3,(H2,10,11,12). The topological polar surface area (TPSA) is 41.1 Å². The highest BCUT2D eigenvalue weighted by Gasteiger charge is 2.02. The van der Waals surface area contributed by atoms with Crippen LogP contribution in [0.2, 0.25) is 0 Å². The summed E-state index contributed by atoms with van der Waals surface area (Å²) in [4.78, 5) is 10.6. The highest BCUT2D eigenvalue weighted by molar-refractivity contribution is 5.73. The largest absolute Gasteiger partial charge is 0.341 e. The molecule has 0 heterocycles. The van der Waals surface area contributed by atoms with Crippen molar-refractivity contribution in [2.24, 2.45) is 5.41 Å². The van der Waals surface area contributed by atoms with Crippen LogP contribution in [0.3, 0.4) is 0 Å². The lowest BCUT2D eigenvalue weighted by molar-refractivity contribution is 0.244. The van der Waals surface area contributed by atoms with E-state index in [1.54, 1.807) is 7.05 Å². The number of rotatable bonds is 1. The molecule has 0 saturated carbocycles. The molecule has 0 aromatic rings. The average molecular weight is 168 g/mol. The van der Waals surface area contributed by atoms with Crippen LogP contribution in [0, 0.1) is 17.3 Å². The van der Waals surface area contributed by atoms with Crippen molar-refractivity contribution >= 4 is 6.03 Å². The molecule has 0 aliphatic carbocycles. The van der Waals surface area contributed by atoms with Crippen LogP contribution in [0.1, 0.15) is 20.8 Å². The predicted octanol–water partition coefficient (Wildman–Crippen LogP) is 0.965. The minimum Gasteiger partial charge on any atom is -0.341 e. The third-order valence-electron chi connectivity index (χ3n) is 1.03. The first-order valence-corrected chi connectivity index (χ1v) is 3.91. The van der Waals surface area contributed by atoms with E-state index >= 15 is 0 Å². The summed E-state index contributed by atoms with van der Waals surface area (Å²) in [5, 5.41) is 5.03. The summed E-state index contributed by atoms with van der Waals surface area (Å²) in [6, 6.07) is -0.196. The second-order valence-electron chi connectivity index (χ2n) is 3.48. The summed E-state index contributed by atoms with van der Waals surface area (Å²) < 4.78 is 0. The van der Waals surface area contributed by atoms with Gasteiger partial charge in [0.05, 0.1) is 6.54 Å². The van der Waals surface area contributed by atoms with Crippen molar-refractivity contribution in [2.45, 2.75) is 20.8 Å². The van der Waals surface area contributed by atoms with Crippen LogP contribution < -0.4 is 10.6 Å². The van der Waals surface area contributed by atoms with Gasteiger partial charge in [-0.3, -0.25) is 0 Å². The molecule has 2 N–H and O–H groups in total. The Morgan fingerprint density at radius 2 is 2.00 bits per heavy atom. The van der Waals surface area contributed by atoms with E-state index in [2.05, 4.69) is 22.5 Å². The molecule has 0 aliphatic rings. The zero-order valence-corrected chi connectivity index (χ0v) is 8.12. The van der Waals surface area contributed by atoms with Gasteiger partial charge >= 0.3 is 6.03 Å². The van der Waals surface area contributed by atoms with Crippen molar-refractivity contribution in [1.82, 2.24) is 10.6 Å². The smallest absolute Gasteiger partial charge is 0.315 e. The Morgan fingerprint density at radius 3 is 2.42 bits per heavy atom. The molecule has 0 saturated heterocycles. The molecule has 12 heavy (non-hydrogen) atoms. The Morgan fingerprint density at radius 1 is 1.42 bits per heavy atom. The number of amides is 2. The van der Waals surface area contributed by atoms with Gasteiger partial charge in [0, 0.05) is 12.5 Å². The Bertz CT molecular complexity index is 205. The Balaban J connectivity index is 3.67. The molecule has 0 unspecified atom stereocenters. The number of nitrogens with one attached hydrogen (secondary N) is 2. The first-order chi connectivity index (χ1) is 5.45. The maximum Gasteiger partial charge on any atom is 0.315 e. The fraction of sp³-hybridized carbons (Fsp3) is 0.667. The van der Waals surface area contributed by atoms with E-state index in [0.717, 1.165) is 0 Å². The van der Waals surface area contributed by atoms with E-state index in [1.165, 1.54) is 0 Å². The molecule has 3 nitrogen and oxygen atoms in total. The monoisotopic (exact) mass is 168 g/mol. The van der Waals surface area contributed by atoms with Crippen LogP contribution in [0.15, 0.2) is 0 Å². The normalized spacial score (nSPS) is 9.67. The second-order valence-corrected chi connectivity index (χ2v) is 3.48. The van der Waals surface area contributed by atoms with Gasteiger partial charge in [0.2, 0.25) is 0 Å². The van der Waals surface area contributed by atoms with Gasteiger partial charge in [-0.25, -0.2) is 4.79 Å². The van der Waals surface area contributed by atoms with Crippen molar-refractivity contribution in [3.8, 4) is 11.8 Å². The summed E-state index contributed by atoms with van der Waals surface area (Å²) in [6.45, 7) is 6.48. The second kappa shape index (κ2) is 4.66. The van der Waals surface area contributed by atoms with Crippen molar-refractivity contribution in [3.63, 3.8) is 0 Å². The molecule has 0 aromatic carbocycles. The van der Waals surface area contributed by atoms with E-state index in [-0.39, 0.29) is 11.4 Å². The summed E-state index contributed by atoms with van der Waals surface area (Å²) >= 11 is 0. The van der Waals surface area contributed by atoms with Gasteiger partial charge in [-0.1, -0.05) is 11.8 Å². The number of hydrogen-bond donors (Lipinski definition) is 2. The maximum absolute atomic E-state index is 10.6. The molecule has 0 aliphatic heterocycles. The molecule has 0 rings (SSSR count). The van der Waals surface area contributed by atoms with Crippen LogP contribution in [-0.4, -0.2) is 19.6 Å². The fourth-order valence-corrected chi connectivity index (χ4v) is 0.522. The molecule has 0 fully saturated rings. The first-order valence-electron chi connectivity index (χ1n) is 3.91. The number of carbonyl (C=O) groups is 1. The van der Waals surface area contributed by atoms with Gasteiger partial charge in [-0.15, -0.1) is 0 Å². The zero-order chi connectivity index (χ0) is 9.61. The Kier molecular flexibility index (Phi) is 4.20. The van der Waals surface area contributed by atoms with Gasteiger partial charge in [0.25, 0.3) is 0 Å². The Hall–Kier alpha value is -1.17. The van der Waals surface area contributed by atoms with E-state index in [0.29, 0.717) is 6.54 Å². The fourth-order valence-electron chi connectivity index (χ4n) is 0.522. The SMILES string of the molecule is CNC(=O)NCC#CC(C)(C)C. The lowest BCUT2D eigenvalue weighted by Crippen LogP contribution is -2.32. The lowest BCUT2D eigenvalue weighted by atomic mass is 9.98. The molecule has 0 bridgehead atoms. The van der Waals surface area contributed by atoms with Crippen molar-refractivity contribution in [2.75, 3.05) is 13.6 Å². The van der Waals surface area contributed by atoms with Crippen molar-refractivity contribution in [1.29, 1.82) is 0 Å². The first kappa shape index (κ1) is 10.8. The third kappa shape index (κ3) is 6.94. The third-order valence-corrected chi connectivity index (χ3v) is 1.03. The van der Waals surface area contributed by atoms with E-state index < -0.39 is 0 Å². The molecule has 0 spiro atoms. The van der Waals surface area contributed by atoms with Gasteiger partial charge in [-0.05, 0) is 20.8 Å². The molecule has 68 valence electrons. The summed E-state index contributed by atoms with van der Waals surface area (Å²) in [7, 11) is 1.58. The summed E-state index contributed by atoms with van der Waals surface area (Å²) in [5.41, 5.74) is 0.00434. The molecular weight excluding hydrogens is 152 g/mol. The van der Waals surface area contributed by atoms with Gasteiger partial charge < -0.3 is 10.6 Å². The minimum absolute atomic E-state index is 0.00434. The quantitative estimate of drug-likeness (QED) is 0.563. The summed E-state index contributed by atoms with van der Waals surface area (Å²) in [5.74, 6) is 5.88. The molecule has 3 heteroatoms. The van der Waals surface area contributed by atoms with Crippen LogP contribution in [0.25, 0.3) is 0 Å². The van der Waals surface area contributed by atoms with Crippen LogP contribution in [0.5, 0.6) is 0 Å². The van der Waals surface area contributed by atoms with Crippen LogP contribution in [0.4, 0.5) is 4.79 Å². The van der Waals surface area contributed by atoms with E-state index in [9.17, 15) is 4.79 Å². The van der Waals surface area contributed by atoms with Crippen molar-refractivity contribution < 1.29 is 4.79 Å². The van der Waals surface area contributed by atoms with Crippen molar-refractivity contribution in [3.05, 3.63) is 0 Å². The number of hydrogen-bond acceptors (Lipinski definition) is 1. The Labute approximate surface area is 73.9 Å². The predicted molar refractivity (Wildman–Crippen MR) is 49.7 cm³/mol. The maximum atomic E-state index is 10.6. The molecule has 2 amide bonds. The minimum atomic E-state index is -0.196. The van der Waals surface area contributed by atoms with Crippen LogP contribution >= 0.6 is 0 Å². The molecule has 0 radical (unpaired) electrons. The highest BCUT2D eigenvalue weighted by atomic mass is 16.2. The van der Waals surface area contributed by atoms with E-state index in [1.807, 2.05) is 20.8 Å². The number of urea groups is 1. The van der Waals surface area contributed by atoms with E-state index in [4.69, 9.17) is 0 Å². The zero-order valence-electron chi connectivity index (χ0n) is 8.12. The van der Waals surface area contributed by atoms with Gasteiger partial charge in [0.15, 0.2) is 0 Å². The van der Waals surface area contributed by atoms with Gasteiger partial charge in [-0.2, -0.15) is 0 Å². The van der Waals surface area contributed by atoms with Gasteiger partial charge in [0.1, 0.15) is 0 Å². The lowest BCUT2D eigenvalue weighted by Gasteiger charge is -2.06.